The summed E-state index contributed by atoms with van der Waals surface area (Å²) in [5, 5.41) is 8.01. The van der Waals surface area contributed by atoms with Crippen LogP contribution in [-0.4, -0.2) is 34.4 Å². The molecule has 108 valence electrons. The summed E-state index contributed by atoms with van der Waals surface area (Å²) in [5.41, 5.74) is 2.30. The van der Waals surface area contributed by atoms with Gasteiger partial charge in [-0.3, -0.25) is 9.48 Å². The van der Waals surface area contributed by atoms with Gasteiger partial charge in [0.25, 0.3) is 5.91 Å². The van der Waals surface area contributed by atoms with E-state index in [-0.39, 0.29) is 5.91 Å². The Morgan fingerprint density at radius 3 is 3.19 bits per heavy atom. The third-order valence-corrected chi connectivity index (χ3v) is 3.23. The number of hydrogen-bond acceptors (Lipinski definition) is 3. The van der Waals surface area contributed by atoms with E-state index in [0.717, 1.165) is 10.9 Å². The summed E-state index contributed by atoms with van der Waals surface area (Å²) in [6.45, 7) is 1.24. The molecule has 1 aromatic carbocycles. The van der Waals surface area contributed by atoms with Crippen molar-refractivity contribution in [1.82, 2.24) is 14.8 Å². The van der Waals surface area contributed by atoms with E-state index < -0.39 is 0 Å². The molecule has 3 aromatic rings. The minimum atomic E-state index is -0.149. The number of benzene rings is 1. The predicted molar refractivity (Wildman–Crippen MR) is 80.4 cm³/mol. The molecule has 6 heteroatoms. The maximum absolute atomic E-state index is 12.2. The number of aromatic amines is 1. The largest absolute Gasteiger partial charge is 0.383 e. The van der Waals surface area contributed by atoms with Gasteiger partial charge in [0.05, 0.1) is 25.0 Å². The van der Waals surface area contributed by atoms with E-state index in [9.17, 15) is 4.79 Å². The summed E-state index contributed by atoms with van der Waals surface area (Å²) in [6.07, 6.45) is 5.26. The van der Waals surface area contributed by atoms with Crippen molar-refractivity contribution in [1.29, 1.82) is 0 Å². The number of fused-ring (bicyclic) bond motifs is 1. The number of ether oxygens (including phenoxy) is 1. The first-order valence-corrected chi connectivity index (χ1v) is 6.66. The van der Waals surface area contributed by atoms with Crippen molar-refractivity contribution in [2.75, 3.05) is 19.0 Å². The average Bonchev–Trinajstić information content (AvgIpc) is 3.12. The van der Waals surface area contributed by atoms with Gasteiger partial charge in [-0.05, 0) is 24.3 Å². The highest BCUT2D eigenvalue weighted by Gasteiger charge is 2.08. The molecular formula is C15H16N4O2. The van der Waals surface area contributed by atoms with Gasteiger partial charge >= 0.3 is 0 Å². The van der Waals surface area contributed by atoms with Crippen LogP contribution in [0.5, 0.6) is 0 Å². The van der Waals surface area contributed by atoms with Crippen LogP contribution in [0.3, 0.4) is 0 Å². The number of hydrogen-bond donors (Lipinski definition) is 2. The Morgan fingerprint density at radius 1 is 1.43 bits per heavy atom. The van der Waals surface area contributed by atoms with Crippen molar-refractivity contribution in [2.24, 2.45) is 0 Å². The first-order chi connectivity index (χ1) is 10.3. The maximum atomic E-state index is 12.2. The van der Waals surface area contributed by atoms with Crippen LogP contribution in [-0.2, 0) is 11.3 Å². The van der Waals surface area contributed by atoms with Gasteiger partial charge in [0.1, 0.15) is 0 Å². The van der Waals surface area contributed by atoms with E-state index >= 15 is 0 Å². The molecular weight excluding hydrogens is 268 g/mol. The highest BCUT2D eigenvalue weighted by atomic mass is 16.5. The minimum absolute atomic E-state index is 0.149. The van der Waals surface area contributed by atoms with Crippen LogP contribution in [0, 0.1) is 0 Å². The molecule has 21 heavy (non-hydrogen) atoms. The number of anilines is 1. The van der Waals surface area contributed by atoms with Crippen molar-refractivity contribution >= 4 is 22.5 Å². The van der Waals surface area contributed by atoms with Crippen LogP contribution in [0.2, 0.25) is 0 Å². The smallest absolute Gasteiger partial charge is 0.255 e. The SMILES string of the molecule is COCCn1cc(NC(=O)c2ccc3[nH]ccc3c2)cn1. The second-order valence-corrected chi connectivity index (χ2v) is 4.72. The highest BCUT2D eigenvalue weighted by molar-refractivity contribution is 6.06. The fourth-order valence-electron chi connectivity index (χ4n) is 2.13. The minimum Gasteiger partial charge on any atom is -0.383 e. The molecule has 0 aliphatic heterocycles. The maximum Gasteiger partial charge on any atom is 0.255 e. The molecule has 6 nitrogen and oxygen atoms in total. The molecule has 0 atom stereocenters. The van der Waals surface area contributed by atoms with E-state index in [2.05, 4.69) is 15.4 Å². The first-order valence-electron chi connectivity index (χ1n) is 6.66. The van der Waals surface area contributed by atoms with Crippen molar-refractivity contribution < 1.29 is 9.53 Å². The third kappa shape index (κ3) is 2.95. The van der Waals surface area contributed by atoms with Gasteiger partial charge in [0.15, 0.2) is 0 Å². The molecule has 2 heterocycles. The summed E-state index contributed by atoms with van der Waals surface area (Å²) in [4.78, 5) is 15.3. The summed E-state index contributed by atoms with van der Waals surface area (Å²) >= 11 is 0. The number of amides is 1. The average molecular weight is 284 g/mol. The van der Waals surface area contributed by atoms with Gasteiger partial charge in [0.2, 0.25) is 0 Å². The molecule has 0 unspecified atom stereocenters. The van der Waals surface area contributed by atoms with Gasteiger partial charge < -0.3 is 15.0 Å². The molecule has 0 aliphatic rings. The zero-order chi connectivity index (χ0) is 14.7. The van der Waals surface area contributed by atoms with E-state index in [1.807, 2.05) is 24.4 Å². The fraction of sp³-hybridized carbons (Fsp3) is 0.200. The number of methoxy groups -OCH3 is 1. The highest BCUT2D eigenvalue weighted by Crippen LogP contribution is 2.15. The van der Waals surface area contributed by atoms with Crippen LogP contribution in [0.25, 0.3) is 10.9 Å². The molecule has 0 fully saturated rings. The van der Waals surface area contributed by atoms with E-state index in [0.29, 0.717) is 24.4 Å². The molecule has 0 aliphatic carbocycles. The third-order valence-electron chi connectivity index (χ3n) is 3.23. The Kier molecular flexibility index (Phi) is 3.70. The monoisotopic (exact) mass is 284 g/mol. The van der Waals surface area contributed by atoms with Gasteiger partial charge in [0, 0.05) is 36.0 Å². The number of nitrogens with zero attached hydrogens (tertiary/aromatic N) is 2. The molecule has 0 saturated carbocycles. The van der Waals surface area contributed by atoms with E-state index in [4.69, 9.17) is 4.74 Å². The molecule has 1 amide bonds. The summed E-state index contributed by atoms with van der Waals surface area (Å²) < 4.78 is 6.72. The Morgan fingerprint density at radius 2 is 2.33 bits per heavy atom. The van der Waals surface area contributed by atoms with Crippen LogP contribution in [0.1, 0.15) is 10.4 Å². The topological polar surface area (TPSA) is 71.9 Å². The zero-order valence-corrected chi connectivity index (χ0v) is 11.7. The van der Waals surface area contributed by atoms with Crippen LogP contribution < -0.4 is 5.32 Å². The number of aromatic nitrogens is 3. The van der Waals surface area contributed by atoms with Crippen molar-refractivity contribution in [3.8, 4) is 0 Å². The van der Waals surface area contributed by atoms with Gasteiger partial charge in [-0.2, -0.15) is 5.10 Å². The predicted octanol–water partition coefficient (Wildman–Crippen LogP) is 2.26. The molecule has 2 aromatic heterocycles. The number of carbonyl (C=O) groups is 1. The lowest BCUT2D eigenvalue weighted by Crippen LogP contribution is -2.11. The Labute approximate surface area is 121 Å². The Hall–Kier alpha value is -2.60. The second kappa shape index (κ2) is 5.80. The summed E-state index contributed by atoms with van der Waals surface area (Å²) in [5.74, 6) is -0.149. The van der Waals surface area contributed by atoms with Gasteiger partial charge in [-0.15, -0.1) is 0 Å². The molecule has 3 rings (SSSR count). The molecule has 0 spiro atoms. The molecule has 0 bridgehead atoms. The van der Waals surface area contributed by atoms with Crippen LogP contribution >= 0.6 is 0 Å². The second-order valence-electron chi connectivity index (χ2n) is 4.72. The van der Waals surface area contributed by atoms with Gasteiger partial charge in [-0.1, -0.05) is 0 Å². The van der Waals surface area contributed by atoms with Crippen molar-refractivity contribution in [3.05, 3.63) is 48.4 Å². The van der Waals surface area contributed by atoms with Crippen LogP contribution in [0.15, 0.2) is 42.9 Å². The number of rotatable bonds is 5. The number of carbonyl (C=O) groups excluding carboxylic acids is 1. The molecule has 2 N–H and O–H groups in total. The number of H-pyrrole nitrogens is 1. The first kappa shape index (κ1) is 13.4. The lowest BCUT2D eigenvalue weighted by atomic mass is 10.1. The van der Waals surface area contributed by atoms with E-state index in [1.165, 1.54) is 0 Å². The summed E-state index contributed by atoms with van der Waals surface area (Å²) in [7, 11) is 1.64. The quantitative estimate of drug-likeness (QED) is 0.755. The standard InChI is InChI=1S/C15H16N4O2/c1-21-7-6-19-10-13(9-17-19)18-15(20)12-2-3-14-11(8-12)4-5-16-14/h2-5,8-10,16H,6-7H2,1H3,(H,18,20). The molecule has 0 saturated heterocycles. The van der Waals surface area contributed by atoms with Crippen LogP contribution in [0.4, 0.5) is 5.69 Å². The number of nitrogens with one attached hydrogen (secondary N) is 2. The normalized spacial score (nSPS) is 10.9. The zero-order valence-electron chi connectivity index (χ0n) is 11.7. The fourth-order valence-corrected chi connectivity index (χ4v) is 2.13. The lowest BCUT2D eigenvalue weighted by Gasteiger charge is -2.03. The van der Waals surface area contributed by atoms with E-state index in [1.54, 1.807) is 30.3 Å². The lowest BCUT2D eigenvalue weighted by molar-refractivity contribution is 0.102. The van der Waals surface area contributed by atoms with Crippen molar-refractivity contribution in [3.63, 3.8) is 0 Å². The summed E-state index contributed by atoms with van der Waals surface area (Å²) in [6, 6.07) is 7.49. The Balaban J connectivity index is 1.71. The van der Waals surface area contributed by atoms with Crippen molar-refractivity contribution in [2.45, 2.75) is 6.54 Å². The Bertz CT molecular complexity index is 760. The van der Waals surface area contributed by atoms with Gasteiger partial charge in [-0.25, -0.2) is 0 Å². The molecule has 0 radical (unpaired) electrons.